The SMILES string of the molecule is N=C(N)c1cc(Br)cc(Br)n1. The van der Waals surface area contributed by atoms with E-state index in [9.17, 15) is 0 Å². The number of aromatic nitrogens is 1. The van der Waals surface area contributed by atoms with Gasteiger partial charge in [-0.15, -0.1) is 0 Å². The number of hydrogen-bond acceptors (Lipinski definition) is 2. The van der Waals surface area contributed by atoms with Gasteiger partial charge in [-0.3, -0.25) is 5.41 Å². The van der Waals surface area contributed by atoms with Crippen LogP contribution in [0.25, 0.3) is 0 Å². The summed E-state index contributed by atoms with van der Waals surface area (Å²) in [6.45, 7) is 0. The largest absolute Gasteiger partial charge is 0.382 e. The molecule has 3 nitrogen and oxygen atoms in total. The topological polar surface area (TPSA) is 62.8 Å². The second-order valence-corrected chi connectivity index (χ2v) is 3.64. The Kier molecular flexibility index (Phi) is 2.62. The smallest absolute Gasteiger partial charge is 0.141 e. The molecule has 0 aliphatic carbocycles. The van der Waals surface area contributed by atoms with Crippen LogP contribution in [0.15, 0.2) is 21.2 Å². The lowest BCUT2D eigenvalue weighted by Gasteiger charge is -1.98. The predicted octanol–water partition coefficient (Wildman–Crippen LogP) is 1.89. The van der Waals surface area contributed by atoms with Crippen molar-refractivity contribution in [3.8, 4) is 0 Å². The Morgan fingerprint density at radius 3 is 2.55 bits per heavy atom. The highest BCUT2D eigenvalue weighted by atomic mass is 79.9. The zero-order valence-electron chi connectivity index (χ0n) is 5.44. The molecule has 0 aliphatic heterocycles. The number of nitrogen functional groups attached to an aromatic ring is 1. The molecule has 0 saturated carbocycles. The number of nitrogens with zero attached hydrogens (tertiary/aromatic N) is 1. The fraction of sp³-hybridized carbons (Fsp3) is 0. The van der Waals surface area contributed by atoms with Gasteiger partial charge in [0.25, 0.3) is 0 Å². The molecule has 0 aliphatic rings. The van der Waals surface area contributed by atoms with E-state index in [-0.39, 0.29) is 5.84 Å². The number of rotatable bonds is 1. The first-order chi connectivity index (χ1) is 5.09. The zero-order valence-corrected chi connectivity index (χ0v) is 8.61. The monoisotopic (exact) mass is 277 g/mol. The number of pyridine rings is 1. The molecule has 11 heavy (non-hydrogen) atoms. The Morgan fingerprint density at radius 2 is 2.09 bits per heavy atom. The average molecular weight is 279 g/mol. The first-order valence-electron chi connectivity index (χ1n) is 2.77. The molecule has 0 aromatic carbocycles. The van der Waals surface area contributed by atoms with Gasteiger partial charge >= 0.3 is 0 Å². The van der Waals surface area contributed by atoms with Crippen molar-refractivity contribution < 1.29 is 0 Å². The van der Waals surface area contributed by atoms with Crippen LogP contribution in [-0.4, -0.2) is 10.8 Å². The molecule has 0 atom stereocenters. The van der Waals surface area contributed by atoms with Crippen LogP contribution in [0.5, 0.6) is 0 Å². The highest BCUT2D eigenvalue weighted by molar-refractivity contribution is 9.11. The lowest BCUT2D eigenvalue weighted by Crippen LogP contribution is -2.12. The first-order valence-corrected chi connectivity index (χ1v) is 4.35. The summed E-state index contributed by atoms with van der Waals surface area (Å²) >= 11 is 6.45. The molecule has 1 rings (SSSR count). The minimum Gasteiger partial charge on any atom is -0.382 e. The van der Waals surface area contributed by atoms with Crippen LogP contribution in [-0.2, 0) is 0 Å². The molecule has 0 unspecified atom stereocenters. The van der Waals surface area contributed by atoms with E-state index in [1.165, 1.54) is 0 Å². The molecule has 1 aromatic heterocycles. The molecule has 0 radical (unpaired) electrons. The summed E-state index contributed by atoms with van der Waals surface area (Å²) in [7, 11) is 0. The summed E-state index contributed by atoms with van der Waals surface area (Å²) in [5.41, 5.74) is 5.69. The van der Waals surface area contributed by atoms with Gasteiger partial charge < -0.3 is 5.73 Å². The molecule has 5 heteroatoms. The normalized spacial score (nSPS) is 9.64. The van der Waals surface area contributed by atoms with Gasteiger partial charge in [-0.1, -0.05) is 15.9 Å². The van der Waals surface area contributed by atoms with Crippen LogP contribution >= 0.6 is 31.9 Å². The van der Waals surface area contributed by atoms with Crippen molar-refractivity contribution in [3.63, 3.8) is 0 Å². The second-order valence-electron chi connectivity index (χ2n) is 1.91. The van der Waals surface area contributed by atoms with Gasteiger partial charge in [-0.05, 0) is 28.1 Å². The van der Waals surface area contributed by atoms with Gasteiger partial charge in [0.1, 0.15) is 16.1 Å². The lowest BCUT2D eigenvalue weighted by atomic mass is 10.3. The quantitative estimate of drug-likeness (QED) is 0.468. The van der Waals surface area contributed by atoms with E-state index in [2.05, 4.69) is 36.8 Å². The van der Waals surface area contributed by atoms with Gasteiger partial charge in [0.15, 0.2) is 0 Å². The van der Waals surface area contributed by atoms with Crippen LogP contribution in [0.1, 0.15) is 5.69 Å². The van der Waals surface area contributed by atoms with Crippen molar-refractivity contribution in [2.45, 2.75) is 0 Å². The van der Waals surface area contributed by atoms with Crippen molar-refractivity contribution in [3.05, 3.63) is 26.9 Å². The Morgan fingerprint density at radius 1 is 1.45 bits per heavy atom. The Balaban J connectivity index is 3.19. The molecule has 0 fully saturated rings. The molecule has 0 spiro atoms. The summed E-state index contributed by atoms with van der Waals surface area (Å²) in [6.07, 6.45) is 0. The Bertz CT molecular complexity index is 278. The number of nitrogens with two attached hydrogens (primary N) is 1. The van der Waals surface area contributed by atoms with Gasteiger partial charge in [-0.2, -0.15) is 0 Å². The first kappa shape index (κ1) is 8.67. The summed E-state index contributed by atoms with van der Waals surface area (Å²) in [5, 5.41) is 7.10. The minimum atomic E-state index is -0.0352. The van der Waals surface area contributed by atoms with E-state index in [4.69, 9.17) is 11.1 Å². The maximum atomic E-state index is 7.10. The van der Waals surface area contributed by atoms with Crippen LogP contribution in [0.3, 0.4) is 0 Å². The van der Waals surface area contributed by atoms with Gasteiger partial charge in [0.2, 0.25) is 0 Å². The fourth-order valence-electron chi connectivity index (χ4n) is 0.604. The molecule has 3 N–H and O–H groups in total. The van der Waals surface area contributed by atoms with Crippen molar-refractivity contribution in [2.24, 2.45) is 5.73 Å². The van der Waals surface area contributed by atoms with Crippen LogP contribution in [0.4, 0.5) is 0 Å². The van der Waals surface area contributed by atoms with Crippen molar-refractivity contribution >= 4 is 37.7 Å². The van der Waals surface area contributed by atoms with E-state index in [1.807, 2.05) is 0 Å². The molecule has 1 heterocycles. The van der Waals surface area contributed by atoms with Crippen LogP contribution in [0.2, 0.25) is 0 Å². The number of hydrogen-bond donors (Lipinski definition) is 2. The van der Waals surface area contributed by atoms with Crippen LogP contribution < -0.4 is 5.73 Å². The number of amidine groups is 1. The third-order valence-electron chi connectivity index (χ3n) is 1.03. The van der Waals surface area contributed by atoms with E-state index in [1.54, 1.807) is 12.1 Å². The summed E-state index contributed by atoms with van der Waals surface area (Å²) in [5.74, 6) is -0.0352. The molecular weight excluding hydrogens is 274 g/mol. The molecular formula is C6H5Br2N3. The molecule has 0 saturated heterocycles. The molecule has 58 valence electrons. The highest BCUT2D eigenvalue weighted by Crippen LogP contribution is 2.16. The molecule has 1 aromatic rings. The summed E-state index contributed by atoms with van der Waals surface area (Å²) < 4.78 is 1.52. The second kappa shape index (κ2) is 3.32. The fourth-order valence-corrected chi connectivity index (χ4v) is 1.78. The molecule has 0 bridgehead atoms. The summed E-state index contributed by atoms with van der Waals surface area (Å²) in [4.78, 5) is 3.97. The maximum Gasteiger partial charge on any atom is 0.141 e. The third-order valence-corrected chi connectivity index (χ3v) is 1.90. The average Bonchev–Trinajstić information content (AvgIpc) is 1.85. The van der Waals surface area contributed by atoms with E-state index >= 15 is 0 Å². The van der Waals surface area contributed by atoms with E-state index < -0.39 is 0 Å². The Labute approximate surface area is 80.8 Å². The maximum absolute atomic E-state index is 7.10. The number of halogens is 2. The Hall–Kier alpha value is -0.420. The van der Waals surface area contributed by atoms with Gasteiger partial charge in [0, 0.05) is 4.47 Å². The van der Waals surface area contributed by atoms with Crippen molar-refractivity contribution in [2.75, 3.05) is 0 Å². The lowest BCUT2D eigenvalue weighted by molar-refractivity contribution is 1.21. The van der Waals surface area contributed by atoms with Crippen molar-refractivity contribution in [1.29, 1.82) is 5.41 Å². The predicted molar refractivity (Wildman–Crippen MR) is 50.7 cm³/mol. The zero-order chi connectivity index (χ0) is 8.43. The molecule has 0 amide bonds. The van der Waals surface area contributed by atoms with Crippen LogP contribution in [0, 0.1) is 5.41 Å². The third kappa shape index (κ3) is 2.27. The summed E-state index contributed by atoms with van der Waals surface area (Å²) in [6, 6.07) is 3.47. The van der Waals surface area contributed by atoms with E-state index in [0.717, 1.165) is 4.47 Å². The van der Waals surface area contributed by atoms with Crippen molar-refractivity contribution in [1.82, 2.24) is 4.98 Å². The van der Waals surface area contributed by atoms with Gasteiger partial charge in [-0.25, -0.2) is 4.98 Å². The van der Waals surface area contributed by atoms with Gasteiger partial charge in [0.05, 0.1) is 0 Å². The standard InChI is InChI=1S/C6H5Br2N3/c7-3-1-4(6(9)10)11-5(8)2-3/h1-2H,(H3,9,10). The highest BCUT2D eigenvalue weighted by Gasteiger charge is 2.00. The number of nitrogens with one attached hydrogen (secondary N) is 1. The van der Waals surface area contributed by atoms with E-state index in [0.29, 0.717) is 10.3 Å². The minimum absolute atomic E-state index is 0.0352.